The molecule has 0 aliphatic carbocycles. The van der Waals surface area contributed by atoms with E-state index in [2.05, 4.69) is 20.7 Å². The van der Waals surface area contributed by atoms with Crippen molar-refractivity contribution in [3.05, 3.63) is 93.5 Å². The van der Waals surface area contributed by atoms with Crippen molar-refractivity contribution in [1.82, 2.24) is 5.43 Å². The molecule has 3 N–H and O–H groups in total. The molecule has 43 heavy (non-hydrogen) atoms. The average molecular weight is 633 g/mol. The van der Waals surface area contributed by atoms with Gasteiger partial charge >= 0.3 is 12.1 Å². The van der Waals surface area contributed by atoms with E-state index in [4.69, 9.17) is 16.7 Å². The van der Waals surface area contributed by atoms with Crippen molar-refractivity contribution in [3.8, 4) is 0 Å². The molecule has 0 radical (unpaired) electrons. The number of carbonyl (C=O) groups is 3. The Hall–Kier alpha value is -4.03. The number of carboxylic acids is 1. The number of benzene rings is 3. The molecule has 0 spiro atoms. The van der Waals surface area contributed by atoms with Crippen molar-refractivity contribution >= 4 is 58.7 Å². The molecule has 1 heterocycles. The van der Waals surface area contributed by atoms with E-state index < -0.39 is 34.5 Å². The molecule has 0 atom stereocenters. The van der Waals surface area contributed by atoms with Crippen LogP contribution in [0.5, 0.6) is 0 Å². The summed E-state index contributed by atoms with van der Waals surface area (Å²) in [4.78, 5) is 39.4. The minimum Gasteiger partial charge on any atom is -0.481 e. The standard InChI is InChI=1S/C30H28ClF3N4O4S/c31-25-9-7-19(14-24(25)30(32,33)34)16-35-37-29(42)23-15-22(38-11-2-1-3-12-38)8-10-26(23)36-28(41)21-6-4-5-20(13-21)17-43-18-27(39)40/h4-10,13-16H,1-3,11-12,17-18H2,(H,36,41)(H,37,42)(H,39,40)/b35-16+. The largest absolute Gasteiger partial charge is 0.481 e. The molecule has 1 aliphatic rings. The number of hydrazone groups is 1. The van der Waals surface area contributed by atoms with E-state index in [0.717, 1.165) is 62.0 Å². The zero-order chi connectivity index (χ0) is 31.0. The van der Waals surface area contributed by atoms with Gasteiger partial charge in [0, 0.05) is 30.1 Å². The van der Waals surface area contributed by atoms with E-state index in [0.29, 0.717) is 11.3 Å². The van der Waals surface area contributed by atoms with Crippen molar-refractivity contribution in [2.24, 2.45) is 5.10 Å². The SMILES string of the molecule is O=C(O)CSCc1cccc(C(=O)Nc2ccc(N3CCCCC3)cc2C(=O)N/N=C/c2ccc(Cl)c(C(F)(F)F)c2)c1. The van der Waals surface area contributed by atoms with E-state index in [1.807, 2.05) is 6.07 Å². The van der Waals surface area contributed by atoms with Crippen molar-refractivity contribution < 1.29 is 32.7 Å². The van der Waals surface area contributed by atoms with Crippen LogP contribution >= 0.6 is 23.4 Å². The molecule has 3 aromatic rings. The third-order valence-electron chi connectivity index (χ3n) is 6.58. The molecule has 2 amide bonds. The van der Waals surface area contributed by atoms with Gasteiger partial charge in [-0.05, 0) is 72.9 Å². The average Bonchev–Trinajstić information content (AvgIpc) is 2.98. The third kappa shape index (κ3) is 8.98. The fraction of sp³-hybridized carbons (Fsp3) is 0.267. The Kier molecular flexibility index (Phi) is 10.7. The number of hydrogen-bond acceptors (Lipinski definition) is 6. The van der Waals surface area contributed by atoms with E-state index >= 15 is 0 Å². The first-order valence-electron chi connectivity index (χ1n) is 13.3. The maximum absolute atomic E-state index is 13.3. The third-order valence-corrected chi connectivity index (χ3v) is 7.89. The van der Waals surface area contributed by atoms with Gasteiger partial charge in [0.25, 0.3) is 11.8 Å². The molecule has 1 saturated heterocycles. The molecule has 4 rings (SSSR count). The van der Waals surface area contributed by atoms with Crippen molar-refractivity contribution in [1.29, 1.82) is 0 Å². The van der Waals surface area contributed by atoms with Crippen LogP contribution in [0.3, 0.4) is 0 Å². The molecule has 0 bridgehead atoms. The summed E-state index contributed by atoms with van der Waals surface area (Å²) in [5.41, 5.74) is 3.61. The number of piperidine rings is 1. The number of anilines is 2. The second kappa shape index (κ2) is 14.4. The zero-order valence-corrected chi connectivity index (χ0v) is 24.4. The number of amides is 2. The highest BCUT2D eigenvalue weighted by molar-refractivity contribution is 7.99. The van der Waals surface area contributed by atoms with Crippen molar-refractivity contribution in [3.63, 3.8) is 0 Å². The second-order valence-corrected chi connectivity index (χ2v) is 11.1. The highest BCUT2D eigenvalue weighted by Gasteiger charge is 2.33. The Labute approximate surface area is 255 Å². The molecular formula is C30H28ClF3N4O4S. The summed E-state index contributed by atoms with van der Waals surface area (Å²) in [5, 5.41) is 15.0. The van der Waals surface area contributed by atoms with Gasteiger partial charge in [0.05, 0.1) is 33.8 Å². The Bertz CT molecular complexity index is 1530. The van der Waals surface area contributed by atoms with Crippen LogP contribution in [-0.4, -0.2) is 47.9 Å². The quantitative estimate of drug-likeness (QED) is 0.170. The lowest BCUT2D eigenvalue weighted by Crippen LogP contribution is -2.30. The monoisotopic (exact) mass is 632 g/mol. The van der Waals surface area contributed by atoms with Crippen molar-refractivity contribution in [2.75, 3.05) is 29.1 Å². The van der Waals surface area contributed by atoms with Gasteiger partial charge in [-0.1, -0.05) is 29.8 Å². The summed E-state index contributed by atoms with van der Waals surface area (Å²) in [6.45, 7) is 1.63. The first-order chi connectivity index (χ1) is 20.5. The number of carboxylic acid groups (broad SMARTS) is 1. The Balaban J connectivity index is 1.55. The fourth-order valence-electron chi connectivity index (χ4n) is 4.50. The highest BCUT2D eigenvalue weighted by atomic mass is 35.5. The van der Waals surface area contributed by atoms with Gasteiger partial charge in [0.15, 0.2) is 0 Å². The summed E-state index contributed by atoms with van der Waals surface area (Å²) in [6, 6.07) is 15.1. The number of carbonyl (C=O) groups excluding carboxylic acids is 2. The van der Waals surface area contributed by atoms with Crippen LogP contribution in [0, 0.1) is 0 Å². The summed E-state index contributed by atoms with van der Waals surface area (Å²) in [7, 11) is 0. The van der Waals surface area contributed by atoms with Crippen LogP contribution in [0.4, 0.5) is 24.5 Å². The Morgan fingerprint density at radius 3 is 2.49 bits per heavy atom. The van der Waals surface area contributed by atoms with Crippen LogP contribution < -0.4 is 15.6 Å². The summed E-state index contributed by atoms with van der Waals surface area (Å²) >= 11 is 6.88. The van der Waals surface area contributed by atoms with E-state index in [9.17, 15) is 27.6 Å². The highest BCUT2D eigenvalue weighted by Crippen LogP contribution is 2.35. The fourth-order valence-corrected chi connectivity index (χ4v) is 5.41. The van der Waals surface area contributed by atoms with Gasteiger partial charge in [-0.25, -0.2) is 5.43 Å². The Morgan fingerprint density at radius 1 is 1.00 bits per heavy atom. The molecule has 226 valence electrons. The van der Waals surface area contributed by atoms with Crippen LogP contribution in [-0.2, 0) is 16.7 Å². The number of thioether (sulfide) groups is 1. The van der Waals surface area contributed by atoms with E-state index in [1.165, 1.54) is 17.8 Å². The zero-order valence-electron chi connectivity index (χ0n) is 22.8. The van der Waals surface area contributed by atoms with Gasteiger partial charge in [0.2, 0.25) is 0 Å². The number of rotatable bonds is 10. The number of halogens is 4. The van der Waals surface area contributed by atoms with Gasteiger partial charge in [-0.15, -0.1) is 11.8 Å². The lowest BCUT2D eigenvalue weighted by Gasteiger charge is -2.29. The molecule has 1 aliphatic heterocycles. The number of nitrogens with zero attached hydrogens (tertiary/aromatic N) is 2. The second-order valence-electron chi connectivity index (χ2n) is 9.75. The number of alkyl halides is 3. The maximum Gasteiger partial charge on any atom is 0.417 e. The maximum atomic E-state index is 13.3. The van der Waals surface area contributed by atoms with Gasteiger partial charge in [0.1, 0.15) is 0 Å². The van der Waals surface area contributed by atoms with E-state index in [1.54, 1.807) is 36.4 Å². The molecule has 13 heteroatoms. The summed E-state index contributed by atoms with van der Waals surface area (Å²) in [5.74, 6) is -1.74. The lowest BCUT2D eigenvalue weighted by atomic mass is 10.1. The van der Waals surface area contributed by atoms with Crippen LogP contribution in [0.2, 0.25) is 5.02 Å². The molecular weight excluding hydrogens is 605 g/mol. The first kappa shape index (κ1) is 31.9. The predicted molar refractivity (Wildman–Crippen MR) is 162 cm³/mol. The topological polar surface area (TPSA) is 111 Å². The van der Waals surface area contributed by atoms with Crippen molar-refractivity contribution in [2.45, 2.75) is 31.2 Å². The van der Waals surface area contributed by atoms with Crippen LogP contribution in [0.25, 0.3) is 0 Å². The van der Waals surface area contributed by atoms with Gasteiger partial charge in [-0.3, -0.25) is 14.4 Å². The molecule has 0 saturated carbocycles. The summed E-state index contributed by atoms with van der Waals surface area (Å²) in [6.07, 6.45) is -0.451. The number of aliphatic carboxylic acids is 1. The molecule has 0 unspecified atom stereocenters. The minimum atomic E-state index is -4.65. The predicted octanol–water partition coefficient (Wildman–Crippen LogP) is 6.68. The molecule has 3 aromatic carbocycles. The molecule has 8 nitrogen and oxygen atoms in total. The Morgan fingerprint density at radius 2 is 1.77 bits per heavy atom. The number of hydrogen-bond donors (Lipinski definition) is 3. The molecule has 1 fully saturated rings. The first-order valence-corrected chi connectivity index (χ1v) is 14.8. The lowest BCUT2D eigenvalue weighted by molar-refractivity contribution is -0.137. The van der Waals surface area contributed by atoms with E-state index in [-0.39, 0.29) is 22.6 Å². The molecule has 0 aromatic heterocycles. The van der Waals surface area contributed by atoms with Gasteiger partial charge in [-0.2, -0.15) is 18.3 Å². The summed E-state index contributed by atoms with van der Waals surface area (Å²) < 4.78 is 39.6. The normalized spacial score (nSPS) is 13.6. The van der Waals surface area contributed by atoms with Crippen LogP contribution in [0.1, 0.15) is 56.7 Å². The smallest absolute Gasteiger partial charge is 0.417 e. The minimum absolute atomic E-state index is 0.0672. The van der Waals surface area contributed by atoms with Gasteiger partial charge < -0.3 is 15.3 Å². The number of nitrogens with one attached hydrogen (secondary N) is 2. The van der Waals surface area contributed by atoms with Crippen LogP contribution in [0.15, 0.2) is 65.8 Å².